The number of para-hydroxylation sites is 1. The number of thiophene rings is 4. The van der Waals surface area contributed by atoms with E-state index in [1.54, 1.807) is 16.2 Å². The van der Waals surface area contributed by atoms with Crippen LogP contribution in [0.5, 0.6) is 0 Å². The SMILES string of the molecule is CCCCCCc1cc(-c2sc(-c3sc(-c4sc(-c5ccc6c(c5)c5ccccc5n6CC)cc4CCCCCC)cc3CCCCCC)cc2CCCCCC)sc1/C=C(\C#N)C(=O)N(CCCCCC)C[Si](OCC)(OCC)OCC. The number of fused-ring (bicyclic) bond motifs is 3. The quantitative estimate of drug-likeness (QED) is 0.0166. The standard InChI is InChI=1S/C71H99N3O4S4Si/c1-10-19-24-29-36-53-46-65(79-63(53)50-58(51-72)71(75)73(44-35-28-23-14-5)52-83(76-16-7,77-17-8)78-18-9)68-56(38-31-26-21-12-3)48-67(81-68)70-57(39-32-27-22-13-4)49-66(82-70)69-55(37-30-25-20-11-2)47-64(80-69)54-42-43-62-60(45-54)59-40-33-34-41-61(59)74(62)15-6/h33-34,40-43,45-50H,10-32,35-39,44,52H2,1-9H3/b58-50+. The van der Waals surface area contributed by atoms with E-state index in [0.717, 1.165) is 82.1 Å². The number of hydrogen-bond donors (Lipinski definition) is 0. The Morgan fingerprint density at radius 3 is 1.46 bits per heavy atom. The summed E-state index contributed by atoms with van der Waals surface area (Å²) in [6.45, 7) is 22.2. The minimum Gasteiger partial charge on any atom is -0.373 e. The van der Waals surface area contributed by atoms with Crippen LogP contribution in [0.3, 0.4) is 0 Å². The Morgan fingerprint density at radius 2 is 0.964 bits per heavy atom. The monoisotopic (exact) mass is 1210 g/mol. The number of rotatable bonds is 40. The van der Waals surface area contributed by atoms with Gasteiger partial charge in [0.2, 0.25) is 0 Å². The molecular formula is C71H99N3O4S4Si. The lowest BCUT2D eigenvalue weighted by molar-refractivity contribution is -0.126. The number of hydrogen-bond acceptors (Lipinski definition) is 9. The van der Waals surface area contributed by atoms with E-state index in [2.05, 4.69) is 119 Å². The number of nitriles is 1. The molecule has 0 atom stereocenters. The summed E-state index contributed by atoms with van der Waals surface area (Å²) in [4.78, 5) is 27.4. The van der Waals surface area contributed by atoms with E-state index in [1.165, 1.54) is 167 Å². The van der Waals surface area contributed by atoms with Gasteiger partial charge in [-0.15, -0.1) is 45.3 Å². The van der Waals surface area contributed by atoms with Crippen molar-refractivity contribution in [1.29, 1.82) is 5.26 Å². The van der Waals surface area contributed by atoms with E-state index in [1.807, 2.05) is 60.9 Å². The van der Waals surface area contributed by atoms with Crippen molar-refractivity contribution in [2.24, 2.45) is 0 Å². The smallest absolute Gasteiger partial charge is 0.373 e. The molecule has 83 heavy (non-hydrogen) atoms. The first kappa shape index (κ1) is 66.4. The molecule has 0 radical (unpaired) electrons. The molecule has 0 saturated carbocycles. The Balaban J connectivity index is 1.33. The normalized spacial score (nSPS) is 12.2. The van der Waals surface area contributed by atoms with Gasteiger partial charge in [0.05, 0.1) is 6.17 Å². The Bertz CT molecular complexity index is 3150. The van der Waals surface area contributed by atoms with Crippen LogP contribution in [0, 0.1) is 11.3 Å². The maximum atomic E-state index is 14.9. The molecule has 0 aliphatic carbocycles. The summed E-state index contributed by atoms with van der Waals surface area (Å²) in [6, 6.07) is 28.6. The average Bonchev–Trinajstić information content (AvgIpc) is 3.79. The highest BCUT2D eigenvalue weighted by atomic mass is 32.1. The van der Waals surface area contributed by atoms with Crippen LogP contribution in [0.4, 0.5) is 0 Å². The second-order valence-electron chi connectivity index (χ2n) is 22.6. The number of unbranched alkanes of at least 4 members (excludes halogenated alkanes) is 15. The fraction of sp³-hybridized carbons (Fsp3) is 0.549. The lowest BCUT2D eigenvalue weighted by Crippen LogP contribution is -2.57. The molecule has 5 aromatic heterocycles. The molecule has 0 aliphatic rings. The van der Waals surface area contributed by atoms with Crippen molar-refractivity contribution < 1.29 is 18.1 Å². The van der Waals surface area contributed by atoms with Crippen molar-refractivity contribution >= 4 is 87.9 Å². The summed E-state index contributed by atoms with van der Waals surface area (Å²) in [5, 5.41) is 13.7. The highest BCUT2D eigenvalue weighted by molar-refractivity contribution is 7.29. The van der Waals surface area contributed by atoms with Crippen molar-refractivity contribution in [2.45, 2.75) is 223 Å². The maximum Gasteiger partial charge on any atom is 0.521 e. The number of amides is 1. The molecule has 0 spiro atoms. The maximum absolute atomic E-state index is 14.9. The van der Waals surface area contributed by atoms with E-state index in [0.29, 0.717) is 26.4 Å². The highest BCUT2D eigenvalue weighted by Crippen LogP contribution is 2.50. The van der Waals surface area contributed by atoms with Crippen LogP contribution in [0.1, 0.15) is 218 Å². The minimum atomic E-state index is -3.27. The molecule has 0 bridgehead atoms. The van der Waals surface area contributed by atoms with Crippen molar-refractivity contribution in [3.63, 3.8) is 0 Å². The molecule has 7 rings (SSSR count). The second kappa shape index (κ2) is 34.8. The van der Waals surface area contributed by atoms with Gasteiger partial charge < -0.3 is 22.7 Å². The van der Waals surface area contributed by atoms with Gasteiger partial charge in [-0.25, -0.2) is 0 Å². The van der Waals surface area contributed by atoms with Crippen LogP contribution in [0.15, 0.2) is 72.3 Å². The number of aromatic nitrogens is 1. The summed E-state index contributed by atoms with van der Waals surface area (Å²) >= 11 is 7.77. The fourth-order valence-electron chi connectivity index (χ4n) is 11.8. The van der Waals surface area contributed by atoms with E-state index in [9.17, 15) is 10.1 Å². The number of carbonyl (C=O) groups excluding carboxylic acids is 1. The van der Waals surface area contributed by atoms with Gasteiger partial charge >= 0.3 is 8.80 Å². The third-order valence-corrected chi connectivity index (χ3v) is 24.4. The lowest BCUT2D eigenvalue weighted by atomic mass is 10.0. The Kier molecular flexibility index (Phi) is 27.9. The molecule has 0 unspecified atom stereocenters. The molecule has 450 valence electrons. The number of carbonyl (C=O) groups is 1. The van der Waals surface area contributed by atoms with E-state index in [-0.39, 0.29) is 17.6 Å². The molecule has 7 nitrogen and oxygen atoms in total. The van der Waals surface area contributed by atoms with Gasteiger partial charge in [0.15, 0.2) is 0 Å². The Hall–Kier alpha value is -4.16. The average molecular weight is 1210 g/mol. The summed E-state index contributed by atoms with van der Waals surface area (Å²) in [5.74, 6) is -0.273. The zero-order valence-corrected chi connectivity index (χ0v) is 56.5. The molecular weight excluding hydrogens is 1120 g/mol. The fourth-order valence-corrected chi connectivity index (χ4v) is 19.6. The van der Waals surface area contributed by atoms with Crippen molar-refractivity contribution in [3.05, 3.63) is 99.4 Å². The molecule has 0 N–H and O–H groups in total. The predicted molar refractivity (Wildman–Crippen MR) is 365 cm³/mol. The van der Waals surface area contributed by atoms with Crippen LogP contribution < -0.4 is 0 Å². The van der Waals surface area contributed by atoms with Gasteiger partial charge in [0, 0.05) is 93.7 Å². The first-order chi connectivity index (χ1) is 40.6. The van der Waals surface area contributed by atoms with Crippen molar-refractivity contribution in [3.8, 4) is 45.8 Å². The topological polar surface area (TPSA) is 76.7 Å². The third kappa shape index (κ3) is 17.7. The summed E-state index contributed by atoms with van der Waals surface area (Å²) in [5.41, 5.74) is 9.72. The first-order valence-corrected chi connectivity index (χ1v) is 37.7. The van der Waals surface area contributed by atoms with Gasteiger partial charge in [0.25, 0.3) is 5.91 Å². The zero-order valence-electron chi connectivity index (χ0n) is 52.2. The van der Waals surface area contributed by atoms with E-state index in [4.69, 9.17) is 13.3 Å². The van der Waals surface area contributed by atoms with Crippen molar-refractivity contribution in [1.82, 2.24) is 9.47 Å². The number of aryl methyl sites for hydroxylation is 5. The molecule has 12 heteroatoms. The lowest BCUT2D eigenvalue weighted by Gasteiger charge is -2.33. The zero-order chi connectivity index (χ0) is 59.0. The Morgan fingerprint density at radius 1 is 0.518 bits per heavy atom. The van der Waals surface area contributed by atoms with Crippen LogP contribution in [-0.4, -0.2) is 56.7 Å². The Labute approximate surface area is 517 Å². The van der Waals surface area contributed by atoms with Gasteiger partial charge in [-0.2, -0.15) is 5.26 Å². The van der Waals surface area contributed by atoms with Crippen LogP contribution in [0.25, 0.3) is 67.6 Å². The van der Waals surface area contributed by atoms with Crippen LogP contribution >= 0.6 is 45.3 Å². The predicted octanol–water partition coefficient (Wildman–Crippen LogP) is 22.1. The molecule has 0 aliphatic heterocycles. The summed E-state index contributed by atoms with van der Waals surface area (Å²) < 4.78 is 21.4. The first-order valence-electron chi connectivity index (χ1n) is 32.5. The minimum absolute atomic E-state index is 0.160. The molecule has 1 amide bonds. The van der Waals surface area contributed by atoms with Gasteiger partial charge in [0.1, 0.15) is 11.6 Å². The third-order valence-electron chi connectivity index (χ3n) is 16.2. The summed E-state index contributed by atoms with van der Waals surface area (Å²) in [7, 11) is -3.27. The second-order valence-corrected chi connectivity index (χ2v) is 29.4. The largest absolute Gasteiger partial charge is 0.521 e. The van der Waals surface area contributed by atoms with E-state index >= 15 is 0 Å². The highest BCUT2D eigenvalue weighted by Gasteiger charge is 2.44. The van der Waals surface area contributed by atoms with Crippen LogP contribution in [-0.2, 0) is 50.3 Å². The molecule has 2 aromatic carbocycles. The molecule has 5 heterocycles. The van der Waals surface area contributed by atoms with E-state index < -0.39 is 8.80 Å². The van der Waals surface area contributed by atoms with Gasteiger partial charge in [-0.1, -0.05) is 155 Å². The van der Waals surface area contributed by atoms with Gasteiger partial charge in [-0.3, -0.25) is 4.79 Å². The van der Waals surface area contributed by atoms with Crippen molar-refractivity contribution in [2.75, 3.05) is 32.5 Å². The molecule has 0 fully saturated rings. The number of nitrogens with zero attached hydrogens (tertiary/aromatic N) is 3. The summed E-state index contributed by atoms with van der Waals surface area (Å²) in [6.07, 6.45) is 29.5. The molecule has 0 saturated heterocycles. The molecule has 7 aromatic rings. The number of benzene rings is 2. The van der Waals surface area contributed by atoms with Gasteiger partial charge in [-0.05, 0) is 162 Å². The van der Waals surface area contributed by atoms with Crippen LogP contribution in [0.2, 0.25) is 0 Å².